The molecule has 290 valence electrons. The minimum atomic E-state index is -0.533. The van der Waals surface area contributed by atoms with Crippen molar-refractivity contribution in [3.63, 3.8) is 0 Å². The highest BCUT2D eigenvalue weighted by Gasteiger charge is 2.22. The zero-order chi connectivity index (χ0) is 36.6. The molecule has 3 aliphatic rings. The van der Waals surface area contributed by atoms with E-state index in [1.807, 2.05) is 0 Å². The van der Waals surface area contributed by atoms with Crippen molar-refractivity contribution in [2.45, 2.75) is 13.8 Å². The van der Waals surface area contributed by atoms with Crippen LogP contribution in [0.15, 0.2) is 24.3 Å². The van der Waals surface area contributed by atoms with E-state index in [0.29, 0.717) is 24.7 Å². The van der Waals surface area contributed by atoms with Gasteiger partial charge in [-0.1, -0.05) is 0 Å². The quantitative estimate of drug-likeness (QED) is 0.332. The molecule has 16 heteroatoms. The predicted octanol–water partition coefficient (Wildman–Crippen LogP) is 3.14. The van der Waals surface area contributed by atoms with Crippen LogP contribution in [0.25, 0.3) is 0 Å². The maximum absolute atomic E-state index is 12.7. The molecule has 0 N–H and O–H groups in total. The average Bonchev–Trinajstić information content (AvgIpc) is 3.14. The van der Waals surface area contributed by atoms with Gasteiger partial charge in [0, 0.05) is 0 Å². The molecule has 16 nitrogen and oxygen atoms in total. The maximum Gasteiger partial charge on any atom is 0.338 e. The van der Waals surface area contributed by atoms with Crippen molar-refractivity contribution in [2.75, 3.05) is 132 Å². The Labute approximate surface area is 303 Å². The average molecular weight is 739 g/mol. The van der Waals surface area contributed by atoms with E-state index in [1.54, 1.807) is 38.1 Å². The van der Waals surface area contributed by atoms with E-state index < -0.39 is 11.9 Å². The summed E-state index contributed by atoms with van der Waals surface area (Å²) in [6.07, 6.45) is 0. The molecule has 0 aliphatic carbocycles. The highest BCUT2D eigenvalue weighted by Crippen LogP contribution is 2.40. The van der Waals surface area contributed by atoms with E-state index >= 15 is 0 Å². The highest BCUT2D eigenvalue weighted by molar-refractivity contribution is 5.91. The molecule has 52 heavy (non-hydrogen) atoms. The fourth-order valence-corrected chi connectivity index (χ4v) is 4.74. The second-order valence-corrected chi connectivity index (χ2v) is 10.8. The fraction of sp³-hybridized carbons (Fsp3) is 0.611. The second-order valence-electron chi connectivity index (χ2n) is 10.8. The van der Waals surface area contributed by atoms with Crippen LogP contribution in [-0.2, 0) is 37.9 Å². The minimum Gasteiger partial charge on any atom is -0.487 e. The summed E-state index contributed by atoms with van der Waals surface area (Å²) in [7, 11) is 0. The Hall–Kier alpha value is -4.06. The summed E-state index contributed by atoms with van der Waals surface area (Å²) >= 11 is 0. The lowest BCUT2D eigenvalue weighted by atomic mass is 10.2. The van der Waals surface area contributed by atoms with Crippen LogP contribution in [0.5, 0.6) is 34.5 Å². The molecule has 3 heterocycles. The first-order valence-corrected chi connectivity index (χ1v) is 17.5. The molecule has 0 fully saturated rings. The van der Waals surface area contributed by atoms with Crippen LogP contribution in [0, 0.1) is 0 Å². The van der Waals surface area contributed by atoms with Gasteiger partial charge in [-0.05, 0) is 38.1 Å². The Morgan fingerprint density at radius 3 is 0.885 bits per heavy atom. The lowest BCUT2D eigenvalue weighted by Crippen LogP contribution is -2.17. The minimum absolute atomic E-state index is 0.145. The van der Waals surface area contributed by atoms with Gasteiger partial charge in [0.15, 0.2) is 23.0 Å². The number of hydrogen-bond donors (Lipinski definition) is 0. The molecule has 0 spiro atoms. The third-order valence-corrected chi connectivity index (χ3v) is 7.07. The fourth-order valence-electron chi connectivity index (χ4n) is 4.74. The standard InChI is InChI=1S/C36H50O16/c1-3-45-35(37)27-23-29-33-31(25-27)49-19-13-41-7-9-44-16-22-52-34-30(48-18-12-40-6-5-39-11-17-47-29)24-28(36(38)46-4-2)26-32(34)50-20-14-42-8-10-43-15-21-51-33/h23-26H,3-22H2,1-2H3. The lowest BCUT2D eigenvalue weighted by molar-refractivity contribution is 0.0217. The smallest absolute Gasteiger partial charge is 0.338 e. The number of rotatable bonds is 4. The Balaban J connectivity index is 1.57. The molecule has 0 saturated heterocycles. The number of esters is 2. The van der Waals surface area contributed by atoms with Gasteiger partial charge < -0.3 is 66.3 Å². The van der Waals surface area contributed by atoms with Crippen molar-refractivity contribution in [1.29, 1.82) is 0 Å². The summed E-state index contributed by atoms with van der Waals surface area (Å²) in [6.45, 7) is 7.85. The van der Waals surface area contributed by atoms with Gasteiger partial charge in [-0.25, -0.2) is 9.59 Å². The van der Waals surface area contributed by atoms with Crippen molar-refractivity contribution in [1.82, 2.24) is 0 Å². The molecule has 0 amide bonds. The van der Waals surface area contributed by atoms with Gasteiger partial charge in [-0.3, -0.25) is 0 Å². The van der Waals surface area contributed by atoms with Crippen molar-refractivity contribution in [3.05, 3.63) is 35.4 Å². The zero-order valence-corrected chi connectivity index (χ0v) is 30.0. The van der Waals surface area contributed by atoms with E-state index in [4.69, 9.17) is 66.3 Å². The summed E-state index contributed by atoms with van der Waals surface area (Å²) in [5, 5.41) is 0. The van der Waals surface area contributed by atoms with Gasteiger partial charge in [0.2, 0.25) is 11.5 Å². The largest absolute Gasteiger partial charge is 0.487 e. The van der Waals surface area contributed by atoms with Gasteiger partial charge in [-0.15, -0.1) is 0 Å². The summed E-state index contributed by atoms with van der Waals surface area (Å²) < 4.78 is 81.0. The van der Waals surface area contributed by atoms with Crippen molar-refractivity contribution >= 4 is 11.9 Å². The molecule has 2 aromatic rings. The summed E-state index contributed by atoms with van der Waals surface area (Å²) in [6, 6.07) is 6.20. The Bertz CT molecular complexity index is 1250. The predicted molar refractivity (Wildman–Crippen MR) is 183 cm³/mol. The van der Waals surface area contributed by atoms with Crippen LogP contribution in [-0.4, -0.2) is 144 Å². The van der Waals surface area contributed by atoms with E-state index in [2.05, 4.69) is 0 Å². The molecule has 0 aromatic heterocycles. The normalized spacial score (nSPS) is 18.0. The molecule has 3 aliphatic heterocycles. The van der Waals surface area contributed by atoms with Crippen LogP contribution in [0.3, 0.4) is 0 Å². The molecular weight excluding hydrogens is 688 g/mol. The molecule has 2 aromatic carbocycles. The van der Waals surface area contributed by atoms with Crippen molar-refractivity contribution in [2.24, 2.45) is 0 Å². The first kappa shape index (κ1) is 40.7. The molecule has 0 unspecified atom stereocenters. The monoisotopic (exact) mass is 738 g/mol. The van der Waals surface area contributed by atoms with Crippen LogP contribution in [0.1, 0.15) is 34.6 Å². The molecule has 5 rings (SSSR count). The van der Waals surface area contributed by atoms with Gasteiger partial charge >= 0.3 is 11.9 Å². The molecule has 0 atom stereocenters. The van der Waals surface area contributed by atoms with E-state index in [9.17, 15) is 9.59 Å². The first-order chi connectivity index (χ1) is 25.6. The SMILES string of the molecule is CCOC(=O)c1cc2c3c(c1)OCCOCCOCCOc1c(cc(C(=O)OCC)cc1OCCOCCOCCO3)OCCOCCOCCO2. The maximum atomic E-state index is 12.7. The summed E-state index contributed by atoms with van der Waals surface area (Å²) in [5.74, 6) is 0.657. The molecule has 0 radical (unpaired) electrons. The van der Waals surface area contributed by atoms with Gasteiger partial charge in [0.25, 0.3) is 0 Å². The zero-order valence-electron chi connectivity index (χ0n) is 30.0. The number of hydrogen-bond acceptors (Lipinski definition) is 16. The van der Waals surface area contributed by atoms with Crippen molar-refractivity contribution in [3.8, 4) is 34.5 Å². The summed E-state index contributed by atoms with van der Waals surface area (Å²) in [4.78, 5) is 25.4. The molecule has 0 saturated carbocycles. The van der Waals surface area contributed by atoms with Gasteiger partial charge in [-0.2, -0.15) is 0 Å². The lowest BCUT2D eigenvalue weighted by Gasteiger charge is -2.19. The number of ether oxygens (including phenoxy) is 14. The third kappa shape index (κ3) is 14.2. The second kappa shape index (κ2) is 24.2. The number of fused-ring (bicyclic) bond motifs is 27. The van der Waals surface area contributed by atoms with Crippen LogP contribution in [0.2, 0.25) is 0 Å². The first-order valence-electron chi connectivity index (χ1n) is 17.5. The Kier molecular flexibility index (Phi) is 19.0. The third-order valence-electron chi connectivity index (χ3n) is 7.07. The molecular formula is C36H50O16. The molecule has 6 bridgehead atoms. The highest BCUT2D eigenvalue weighted by atomic mass is 16.6. The number of carbonyl (C=O) groups is 2. The summed E-state index contributed by atoms with van der Waals surface area (Å²) in [5.41, 5.74) is 0.475. The van der Waals surface area contributed by atoms with Crippen LogP contribution >= 0.6 is 0 Å². The van der Waals surface area contributed by atoms with Crippen LogP contribution in [0.4, 0.5) is 0 Å². The van der Waals surface area contributed by atoms with Gasteiger partial charge in [0.1, 0.15) is 39.6 Å². The Morgan fingerprint density at radius 1 is 0.404 bits per heavy atom. The van der Waals surface area contributed by atoms with Crippen molar-refractivity contribution < 1.29 is 75.9 Å². The number of benzene rings is 2. The van der Waals surface area contributed by atoms with E-state index in [1.165, 1.54) is 0 Å². The van der Waals surface area contributed by atoms with E-state index in [-0.39, 0.29) is 153 Å². The number of carbonyl (C=O) groups excluding carboxylic acids is 2. The Morgan fingerprint density at radius 2 is 0.635 bits per heavy atom. The topological polar surface area (TPSA) is 163 Å². The van der Waals surface area contributed by atoms with Gasteiger partial charge in [0.05, 0.1) is 104 Å². The van der Waals surface area contributed by atoms with Crippen LogP contribution < -0.4 is 28.4 Å². The van der Waals surface area contributed by atoms with E-state index in [0.717, 1.165) is 0 Å².